The van der Waals surface area contributed by atoms with E-state index in [1.165, 1.54) is 0 Å². The van der Waals surface area contributed by atoms with Crippen LogP contribution >= 0.6 is 0 Å². The molecule has 1 amide bonds. The summed E-state index contributed by atoms with van der Waals surface area (Å²) in [4.78, 5) is 14.0. The van der Waals surface area contributed by atoms with Gasteiger partial charge in [0.05, 0.1) is 17.1 Å². The summed E-state index contributed by atoms with van der Waals surface area (Å²) >= 11 is 0. The highest BCUT2D eigenvalue weighted by atomic mass is 32.2. The molecule has 1 N–H and O–H groups in total. The minimum atomic E-state index is -2.87. The summed E-state index contributed by atoms with van der Waals surface area (Å²) in [5, 5.41) is 10.3. The second-order valence-corrected chi connectivity index (χ2v) is 9.51. The molecule has 0 aliphatic carbocycles. The van der Waals surface area contributed by atoms with Gasteiger partial charge in [0.1, 0.15) is 9.84 Å². The van der Waals surface area contributed by atoms with Crippen LogP contribution < -0.4 is 0 Å². The van der Waals surface area contributed by atoms with Crippen molar-refractivity contribution >= 4 is 15.7 Å². The Bertz CT molecular complexity index is 465. The first-order valence-electron chi connectivity index (χ1n) is 7.23. The smallest absolute Gasteiger partial charge is 0.222 e. The number of amides is 1. The summed E-state index contributed by atoms with van der Waals surface area (Å²) < 4.78 is 22.8. The minimum Gasteiger partial charge on any atom is -0.388 e. The van der Waals surface area contributed by atoms with Gasteiger partial charge in [0.2, 0.25) is 5.91 Å². The average Bonchev–Trinajstić information content (AvgIpc) is 2.51. The van der Waals surface area contributed by atoms with Crippen LogP contribution in [0.15, 0.2) is 0 Å². The third-order valence-electron chi connectivity index (χ3n) is 5.03. The van der Waals surface area contributed by atoms with E-state index in [1.54, 1.807) is 11.8 Å². The number of hydrogen-bond acceptors (Lipinski definition) is 4. The first kappa shape index (κ1) is 15.8. The molecule has 20 heavy (non-hydrogen) atoms. The summed E-state index contributed by atoms with van der Waals surface area (Å²) in [6.07, 6.45) is 1.57. The van der Waals surface area contributed by atoms with Crippen molar-refractivity contribution in [3.8, 4) is 0 Å². The van der Waals surface area contributed by atoms with Crippen molar-refractivity contribution < 1.29 is 18.3 Å². The van der Waals surface area contributed by atoms with Gasteiger partial charge in [0.25, 0.3) is 0 Å². The number of sulfone groups is 1. The van der Waals surface area contributed by atoms with Gasteiger partial charge >= 0.3 is 0 Å². The Morgan fingerprint density at radius 3 is 2.20 bits per heavy atom. The highest BCUT2D eigenvalue weighted by Crippen LogP contribution is 2.39. The Morgan fingerprint density at radius 2 is 1.75 bits per heavy atom. The van der Waals surface area contributed by atoms with E-state index in [4.69, 9.17) is 0 Å². The highest BCUT2D eigenvalue weighted by Gasteiger charge is 2.49. The number of β-amino-alcohol motifs (C(OH)–C–C–N with tert-alkyl or cyclic N) is 1. The van der Waals surface area contributed by atoms with Crippen molar-refractivity contribution in [2.45, 2.75) is 45.6 Å². The Kier molecular flexibility index (Phi) is 3.93. The topological polar surface area (TPSA) is 74.7 Å². The SMILES string of the molecule is CC1(C)CN(C(=O)CC2CCS(=O)(=O)CC2)CC1(C)O. The predicted molar refractivity (Wildman–Crippen MR) is 77.0 cm³/mol. The average molecular weight is 303 g/mol. The second-order valence-electron chi connectivity index (χ2n) is 7.21. The molecule has 0 bridgehead atoms. The van der Waals surface area contributed by atoms with Crippen molar-refractivity contribution in [3.05, 3.63) is 0 Å². The molecule has 2 rings (SSSR count). The standard InChI is InChI=1S/C14H25NO4S/c1-13(2)9-15(10-14(13,3)17)12(16)8-11-4-6-20(18,19)7-5-11/h11,17H,4-10H2,1-3H3. The monoisotopic (exact) mass is 303 g/mol. The molecule has 116 valence electrons. The maximum atomic E-state index is 12.3. The zero-order chi connectivity index (χ0) is 15.2. The van der Waals surface area contributed by atoms with Crippen LogP contribution in [-0.2, 0) is 14.6 Å². The Morgan fingerprint density at radius 1 is 1.20 bits per heavy atom. The molecule has 1 unspecified atom stereocenters. The molecule has 2 aliphatic heterocycles. The van der Waals surface area contributed by atoms with E-state index in [2.05, 4.69) is 0 Å². The molecule has 2 fully saturated rings. The van der Waals surface area contributed by atoms with Crippen LogP contribution in [0.4, 0.5) is 0 Å². The van der Waals surface area contributed by atoms with Gasteiger partial charge in [-0.15, -0.1) is 0 Å². The van der Waals surface area contributed by atoms with Gasteiger partial charge in [-0.05, 0) is 25.7 Å². The molecule has 1 atom stereocenters. The molecule has 0 spiro atoms. The first-order chi connectivity index (χ1) is 9.02. The van der Waals surface area contributed by atoms with Crippen molar-refractivity contribution in [2.75, 3.05) is 24.6 Å². The third kappa shape index (κ3) is 3.17. The van der Waals surface area contributed by atoms with E-state index in [1.807, 2.05) is 13.8 Å². The molecule has 6 heteroatoms. The quantitative estimate of drug-likeness (QED) is 0.819. The fourth-order valence-corrected chi connectivity index (χ4v) is 4.57. The minimum absolute atomic E-state index is 0.0418. The van der Waals surface area contributed by atoms with Gasteiger partial charge in [-0.2, -0.15) is 0 Å². The molecule has 0 saturated carbocycles. The molecule has 5 nitrogen and oxygen atoms in total. The summed E-state index contributed by atoms with van der Waals surface area (Å²) in [6, 6.07) is 0. The highest BCUT2D eigenvalue weighted by molar-refractivity contribution is 7.91. The normalized spacial score (nSPS) is 33.3. The fraction of sp³-hybridized carbons (Fsp3) is 0.929. The number of hydrogen-bond donors (Lipinski definition) is 1. The van der Waals surface area contributed by atoms with Crippen LogP contribution in [0.5, 0.6) is 0 Å². The Labute approximate surface area is 121 Å². The van der Waals surface area contributed by atoms with Gasteiger partial charge in [0.15, 0.2) is 0 Å². The van der Waals surface area contributed by atoms with Gasteiger partial charge in [-0.25, -0.2) is 8.42 Å². The molecular weight excluding hydrogens is 278 g/mol. The van der Waals surface area contributed by atoms with Gasteiger partial charge in [0, 0.05) is 24.9 Å². The molecule has 2 saturated heterocycles. The number of rotatable bonds is 2. The number of carbonyl (C=O) groups excluding carboxylic acids is 1. The molecular formula is C14H25NO4S. The van der Waals surface area contributed by atoms with Crippen molar-refractivity contribution in [1.82, 2.24) is 4.90 Å². The van der Waals surface area contributed by atoms with E-state index < -0.39 is 15.4 Å². The van der Waals surface area contributed by atoms with Crippen LogP contribution in [-0.4, -0.2) is 54.5 Å². The summed E-state index contributed by atoms with van der Waals surface area (Å²) in [7, 11) is -2.87. The molecule has 0 aromatic rings. The van der Waals surface area contributed by atoms with Crippen LogP contribution in [0.25, 0.3) is 0 Å². The number of carbonyl (C=O) groups is 1. The van der Waals surface area contributed by atoms with E-state index in [0.717, 1.165) is 0 Å². The lowest BCUT2D eigenvalue weighted by atomic mass is 9.79. The molecule has 0 radical (unpaired) electrons. The van der Waals surface area contributed by atoms with E-state index >= 15 is 0 Å². The van der Waals surface area contributed by atoms with Gasteiger partial charge < -0.3 is 10.0 Å². The van der Waals surface area contributed by atoms with Crippen LogP contribution in [0.3, 0.4) is 0 Å². The summed E-state index contributed by atoms with van der Waals surface area (Å²) in [5.41, 5.74) is -1.17. The maximum absolute atomic E-state index is 12.3. The Balaban J connectivity index is 1.91. The van der Waals surface area contributed by atoms with Crippen molar-refractivity contribution in [3.63, 3.8) is 0 Å². The summed E-state index contributed by atoms with van der Waals surface area (Å²) in [6.45, 7) is 6.63. The number of likely N-dealkylation sites (tertiary alicyclic amines) is 1. The lowest BCUT2D eigenvalue weighted by Gasteiger charge is -2.30. The maximum Gasteiger partial charge on any atom is 0.222 e. The molecule has 0 aromatic heterocycles. The van der Waals surface area contributed by atoms with Crippen LogP contribution in [0, 0.1) is 11.3 Å². The van der Waals surface area contributed by atoms with Crippen LogP contribution in [0.1, 0.15) is 40.0 Å². The predicted octanol–water partition coefficient (Wildman–Crippen LogP) is 0.821. The van der Waals surface area contributed by atoms with E-state index in [9.17, 15) is 18.3 Å². The third-order valence-corrected chi connectivity index (χ3v) is 6.75. The Hall–Kier alpha value is -0.620. The summed E-state index contributed by atoms with van der Waals surface area (Å²) in [5.74, 6) is 0.613. The molecule has 2 aliphatic rings. The lowest BCUT2D eigenvalue weighted by molar-refractivity contribution is -0.132. The zero-order valence-electron chi connectivity index (χ0n) is 12.6. The van der Waals surface area contributed by atoms with Gasteiger partial charge in [-0.3, -0.25) is 4.79 Å². The molecule has 0 aromatic carbocycles. The largest absolute Gasteiger partial charge is 0.388 e. The van der Waals surface area contributed by atoms with E-state index in [-0.39, 0.29) is 28.7 Å². The second kappa shape index (κ2) is 4.98. The van der Waals surface area contributed by atoms with Crippen molar-refractivity contribution in [2.24, 2.45) is 11.3 Å². The fourth-order valence-electron chi connectivity index (χ4n) is 2.98. The van der Waals surface area contributed by atoms with Crippen molar-refractivity contribution in [1.29, 1.82) is 0 Å². The first-order valence-corrected chi connectivity index (χ1v) is 9.05. The molecule has 2 heterocycles. The van der Waals surface area contributed by atoms with Crippen LogP contribution in [0.2, 0.25) is 0 Å². The zero-order valence-corrected chi connectivity index (χ0v) is 13.4. The van der Waals surface area contributed by atoms with E-state index in [0.29, 0.717) is 32.4 Å². The number of aliphatic hydroxyl groups is 1. The van der Waals surface area contributed by atoms with Gasteiger partial charge in [-0.1, -0.05) is 13.8 Å². The number of nitrogens with zero attached hydrogens (tertiary/aromatic N) is 1. The lowest BCUT2D eigenvalue weighted by Crippen LogP contribution is -2.40.